The Hall–Kier alpha value is -1.26. The van der Waals surface area contributed by atoms with E-state index in [1.165, 1.54) is 0 Å². The first-order valence-electron chi connectivity index (χ1n) is 5.45. The zero-order valence-corrected chi connectivity index (χ0v) is 10.1. The lowest BCUT2D eigenvalue weighted by atomic mass is 10.2. The van der Waals surface area contributed by atoms with Crippen LogP contribution in [0.15, 0.2) is 29.9 Å². The van der Waals surface area contributed by atoms with Gasteiger partial charge in [-0.2, -0.15) is 0 Å². The summed E-state index contributed by atoms with van der Waals surface area (Å²) in [7, 11) is 0. The van der Waals surface area contributed by atoms with E-state index in [2.05, 4.69) is 27.6 Å². The fourth-order valence-electron chi connectivity index (χ4n) is 1.41. The van der Waals surface area contributed by atoms with Crippen LogP contribution in [0.25, 0.3) is 11.3 Å². The Balaban J connectivity index is 2.02. The second-order valence-corrected chi connectivity index (χ2v) is 4.49. The summed E-state index contributed by atoms with van der Waals surface area (Å²) >= 11 is 1.69. The molecule has 1 N–H and O–H groups in total. The van der Waals surface area contributed by atoms with Crippen LogP contribution in [0.2, 0.25) is 0 Å². The highest BCUT2D eigenvalue weighted by Crippen LogP contribution is 2.20. The lowest BCUT2D eigenvalue weighted by Crippen LogP contribution is -2.13. The minimum Gasteiger partial charge on any atom is -0.310 e. The summed E-state index contributed by atoms with van der Waals surface area (Å²) in [4.78, 5) is 8.66. The molecule has 2 aromatic rings. The summed E-state index contributed by atoms with van der Waals surface area (Å²) in [6.45, 7) is 4.07. The second kappa shape index (κ2) is 5.72. The van der Waals surface area contributed by atoms with E-state index in [0.29, 0.717) is 0 Å². The molecule has 2 aromatic heterocycles. The zero-order chi connectivity index (χ0) is 11.2. The van der Waals surface area contributed by atoms with Gasteiger partial charge in [-0.05, 0) is 25.1 Å². The van der Waals surface area contributed by atoms with Crippen LogP contribution in [-0.4, -0.2) is 16.5 Å². The summed E-state index contributed by atoms with van der Waals surface area (Å²) in [6.07, 6.45) is 4.78. The number of thiazole rings is 1. The fraction of sp³-hybridized carbons (Fsp3) is 0.333. The molecular weight excluding hydrogens is 218 g/mol. The molecule has 0 aliphatic rings. The van der Waals surface area contributed by atoms with E-state index in [4.69, 9.17) is 0 Å². The molecule has 3 nitrogen and oxygen atoms in total. The summed E-state index contributed by atoms with van der Waals surface area (Å²) in [5.74, 6) is 0. The highest BCUT2D eigenvalue weighted by atomic mass is 32.1. The van der Waals surface area contributed by atoms with E-state index >= 15 is 0 Å². The Kier molecular flexibility index (Phi) is 4.02. The number of hydrogen-bond donors (Lipinski definition) is 1. The van der Waals surface area contributed by atoms with Gasteiger partial charge < -0.3 is 5.32 Å². The largest absolute Gasteiger partial charge is 0.310 e. The molecule has 0 aliphatic heterocycles. The van der Waals surface area contributed by atoms with Crippen molar-refractivity contribution in [1.82, 2.24) is 15.3 Å². The number of nitrogens with zero attached hydrogens (tertiary/aromatic N) is 2. The van der Waals surface area contributed by atoms with Gasteiger partial charge in [0, 0.05) is 29.9 Å². The van der Waals surface area contributed by atoms with Gasteiger partial charge in [0.15, 0.2) is 0 Å². The Morgan fingerprint density at radius 3 is 3.12 bits per heavy atom. The van der Waals surface area contributed by atoms with Crippen molar-refractivity contribution in [3.8, 4) is 11.3 Å². The minimum atomic E-state index is 0.860. The maximum absolute atomic E-state index is 4.57. The lowest BCUT2D eigenvalue weighted by molar-refractivity contribution is 0.673. The molecule has 0 unspecified atom stereocenters. The first kappa shape index (κ1) is 11.2. The summed E-state index contributed by atoms with van der Waals surface area (Å²) < 4.78 is 0. The van der Waals surface area contributed by atoms with Gasteiger partial charge in [-0.3, -0.25) is 4.98 Å². The average molecular weight is 233 g/mol. The van der Waals surface area contributed by atoms with Crippen molar-refractivity contribution in [2.75, 3.05) is 6.54 Å². The zero-order valence-electron chi connectivity index (χ0n) is 9.31. The van der Waals surface area contributed by atoms with Gasteiger partial charge >= 0.3 is 0 Å². The molecule has 2 rings (SSSR count). The van der Waals surface area contributed by atoms with Crippen LogP contribution in [0.3, 0.4) is 0 Å². The van der Waals surface area contributed by atoms with Gasteiger partial charge in [0.2, 0.25) is 0 Å². The van der Waals surface area contributed by atoms with E-state index < -0.39 is 0 Å². The van der Waals surface area contributed by atoms with Crippen LogP contribution >= 0.6 is 11.3 Å². The molecule has 4 heteroatoms. The van der Waals surface area contributed by atoms with Gasteiger partial charge in [0.25, 0.3) is 0 Å². The topological polar surface area (TPSA) is 37.8 Å². The normalized spacial score (nSPS) is 10.6. The van der Waals surface area contributed by atoms with Gasteiger partial charge in [0.05, 0.1) is 5.69 Å². The van der Waals surface area contributed by atoms with E-state index in [1.54, 1.807) is 17.5 Å². The van der Waals surface area contributed by atoms with Crippen LogP contribution in [0, 0.1) is 0 Å². The first-order chi connectivity index (χ1) is 7.90. The van der Waals surface area contributed by atoms with E-state index in [-0.39, 0.29) is 0 Å². The molecule has 0 bridgehead atoms. The van der Waals surface area contributed by atoms with Crippen LogP contribution < -0.4 is 5.32 Å². The number of nitrogens with one attached hydrogen (secondary N) is 1. The van der Waals surface area contributed by atoms with Crippen LogP contribution in [0.5, 0.6) is 0 Å². The Morgan fingerprint density at radius 2 is 2.38 bits per heavy atom. The second-order valence-electron chi connectivity index (χ2n) is 3.54. The highest BCUT2D eigenvalue weighted by molar-refractivity contribution is 7.09. The van der Waals surface area contributed by atoms with Gasteiger partial charge in [-0.1, -0.05) is 6.92 Å². The molecular formula is C12H15N3S. The fourth-order valence-corrected chi connectivity index (χ4v) is 2.18. The molecule has 0 radical (unpaired) electrons. The Morgan fingerprint density at radius 1 is 1.44 bits per heavy atom. The summed E-state index contributed by atoms with van der Waals surface area (Å²) in [5, 5.41) is 6.56. The Bertz CT molecular complexity index is 425. The van der Waals surface area contributed by atoms with Crippen molar-refractivity contribution in [3.63, 3.8) is 0 Å². The maximum Gasteiger partial charge on any atom is 0.107 e. The molecule has 0 aromatic carbocycles. The van der Waals surface area contributed by atoms with Gasteiger partial charge in [-0.25, -0.2) is 4.98 Å². The van der Waals surface area contributed by atoms with E-state index in [9.17, 15) is 0 Å². The van der Waals surface area contributed by atoms with Crippen LogP contribution in [0.1, 0.15) is 18.4 Å². The standard InChI is InChI=1S/C12H15N3S/c1-2-5-13-8-12-15-11(9-16-12)10-4-3-6-14-7-10/h3-4,6-7,9,13H,2,5,8H2,1H3. The number of pyridine rings is 1. The third-order valence-corrected chi connectivity index (χ3v) is 3.06. The van der Waals surface area contributed by atoms with Crippen molar-refractivity contribution >= 4 is 11.3 Å². The third kappa shape index (κ3) is 2.87. The lowest BCUT2D eigenvalue weighted by Gasteiger charge is -1.98. The third-order valence-electron chi connectivity index (χ3n) is 2.21. The molecule has 0 atom stereocenters. The molecule has 0 aliphatic carbocycles. The van der Waals surface area contributed by atoms with E-state index in [1.807, 2.05) is 18.3 Å². The van der Waals surface area contributed by atoms with Crippen molar-refractivity contribution in [2.24, 2.45) is 0 Å². The molecule has 0 spiro atoms. The first-order valence-corrected chi connectivity index (χ1v) is 6.33. The van der Waals surface area contributed by atoms with Crippen molar-refractivity contribution in [1.29, 1.82) is 0 Å². The maximum atomic E-state index is 4.57. The number of aromatic nitrogens is 2. The monoisotopic (exact) mass is 233 g/mol. The summed E-state index contributed by atoms with van der Waals surface area (Å²) in [6, 6.07) is 3.97. The molecule has 0 amide bonds. The molecule has 16 heavy (non-hydrogen) atoms. The highest BCUT2D eigenvalue weighted by Gasteiger charge is 2.03. The Labute approximate surface area is 99.6 Å². The molecule has 2 heterocycles. The SMILES string of the molecule is CCCNCc1nc(-c2cccnc2)cs1. The van der Waals surface area contributed by atoms with Crippen LogP contribution in [-0.2, 0) is 6.54 Å². The van der Waals surface area contributed by atoms with Gasteiger partial charge in [-0.15, -0.1) is 11.3 Å². The van der Waals surface area contributed by atoms with Crippen molar-refractivity contribution in [2.45, 2.75) is 19.9 Å². The molecule has 84 valence electrons. The quantitative estimate of drug-likeness (QED) is 0.807. The summed E-state index contributed by atoms with van der Waals surface area (Å²) in [5.41, 5.74) is 2.10. The molecule has 0 saturated heterocycles. The molecule has 0 saturated carbocycles. The smallest absolute Gasteiger partial charge is 0.107 e. The predicted octanol–water partition coefficient (Wildman–Crippen LogP) is 2.70. The van der Waals surface area contributed by atoms with Crippen LogP contribution in [0.4, 0.5) is 0 Å². The van der Waals surface area contributed by atoms with E-state index in [0.717, 1.165) is 35.8 Å². The average Bonchev–Trinajstić information content (AvgIpc) is 2.79. The number of rotatable bonds is 5. The minimum absolute atomic E-state index is 0.860. The van der Waals surface area contributed by atoms with Crippen molar-refractivity contribution < 1.29 is 0 Å². The van der Waals surface area contributed by atoms with Crippen molar-refractivity contribution in [3.05, 3.63) is 34.9 Å². The molecule has 0 fully saturated rings. The predicted molar refractivity (Wildman–Crippen MR) is 67.3 cm³/mol. The number of hydrogen-bond acceptors (Lipinski definition) is 4. The van der Waals surface area contributed by atoms with Gasteiger partial charge in [0.1, 0.15) is 5.01 Å².